The summed E-state index contributed by atoms with van der Waals surface area (Å²) in [7, 11) is -2.51. The van der Waals surface area contributed by atoms with Crippen molar-refractivity contribution >= 4 is 15.8 Å². The molecule has 3 N–H and O–H groups in total. The van der Waals surface area contributed by atoms with E-state index in [1.807, 2.05) is 6.07 Å². The Bertz CT molecular complexity index is 1130. The monoisotopic (exact) mass is 413 g/mol. The first-order valence-electron chi connectivity index (χ1n) is 9.00. The van der Waals surface area contributed by atoms with Crippen molar-refractivity contribution in [3.05, 3.63) is 89.0 Å². The molecule has 29 heavy (non-hydrogen) atoms. The molecule has 0 saturated heterocycles. The summed E-state index contributed by atoms with van der Waals surface area (Å²) in [6, 6.07) is 13.8. The van der Waals surface area contributed by atoms with Crippen LogP contribution in [0.5, 0.6) is 0 Å². The molecule has 8 heteroatoms. The molecule has 0 bridgehead atoms. The van der Waals surface area contributed by atoms with Gasteiger partial charge >= 0.3 is 0 Å². The molecule has 0 saturated carbocycles. The number of carbonyl (C=O) groups is 1. The summed E-state index contributed by atoms with van der Waals surface area (Å²) in [6.45, 7) is 1.07. The number of hydrogen-bond acceptors (Lipinski definition) is 5. The van der Waals surface area contributed by atoms with Gasteiger partial charge in [0.05, 0.1) is 12.3 Å². The smallest absolute Gasteiger partial charge is 0.221 e. The van der Waals surface area contributed by atoms with E-state index in [4.69, 9.17) is 5.14 Å². The van der Waals surface area contributed by atoms with E-state index in [9.17, 15) is 18.3 Å². The van der Waals surface area contributed by atoms with Crippen molar-refractivity contribution in [3.63, 3.8) is 0 Å². The zero-order chi connectivity index (χ0) is 21.2. The highest BCUT2D eigenvalue weighted by atomic mass is 32.2. The van der Waals surface area contributed by atoms with Crippen LogP contribution in [0.3, 0.4) is 0 Å². The molecule has 152 valence electrons. The van der Waals surface area contributed by atoms with E-state index in [-0.39, 0.29) is 12.2 Å². The van der Waals surface area contributed by atoms with Gasteiger partial charge in [0.2, 0.25) is 15.8 Å². The number of aliphatic hydroxyl groups is 1. The van der Waals surface area contributed by atoms with Crippen LogP contribution in [-0.2, 0) is 28.2 Å². The van der Waals surface area contributed by atoms with Gasteiger partial charge in [0, 0.05) is 37.1 Å². The predicted octanol–water partition coefficient (Wildman–Crippen LogP) is 1.68. The van der Waals surface area contributed by atoms with Gasteiger partial charge in [-0.3, -0.25) is 9.78 Å². The molecule has 3 aromatic rings. The van der Waals surface area contributed by atoms with E-state index in [0.717, 1.165) is 0 Å². The Labute approximate surface area is 169 Å². The van der Waals surface area contributed by atoms with Gasteiger partial charge in [-0.15, -0.1) is 0 Å². The molecule has 1 unspecified atom stereocenters. The molecule has 0 fully saturated rings. The first-order chi connectivity index (χ1) is 13.7. The number of aromatic nitrogens is 2. The second-order valence-electron chi connectivity index (χ2n) is 7.04. The highest BCUT2D eigenvalue weighted by molar-refractivity contribution is 7.90. The van der Waals surface area contributed by atoms with E-state index in [1.165, 1.54) is 12.4 Å². The van der Waals surface area contributed by atoms with Gasteiger partial charge in [-0.2, -0.15) is 0 Å². The Morgan fingerprint density at radius 3 is 2.45 bits per heavy atom. The van der Waals surface area contributed by atoms with E-state index >= 15 is 0 Å². The summed E-state index contributed by atoms with van der Waals surface area (Å²) in [4.78, 5) is 17.0. The Morgan fingerprint density at radius 2 is 1.90 bits per heavy atom. The van der Waals surface area contributed by atoms with Gasteiger partial charge in [-0.1, -0.05) is 36.4 Å². The fourth-order valence-electron chi connectivity index (χ4n) is 3.58. The third-order valence-corrected chi connectivity index (χ3v) is 6.83. The second-order valence-corrected chi connectivity index (χ2v) is 8.91. The van der Waals surface area contributed by atoms with Gasteiger partial charge < -0.3 is 9.67 Å². The van der Waals surface area contributed by atoms with Gasteiger partial charge in [-0.25, -0.2) is 13.6 Å². The highest BCUT2D eigenvalue weighted by Gasteiger charge is 2.44. The molecule has 3 rings (SSSR count). The number of pyridine rings is 1. The molecule has 2 heterocycles. The third-order valence-electron chi connectivity index (χ3n) is 5.23. The van der Waals surface area contributed by atoms with E-state index in [0.29, 0.717) is 28.1 Å². The average molecular weight is 413 g/mol. The number of sulfonamides is 1. The third kappa shape index (κ3) is 3.74. The average Bonchev–Trinajstić information content (AvgIpc) is 2.99. The van der Waals surface area contributed by atoms with Crippen LogP contribution >= 0.6 is 0 Å². The summed E-state index contributed by atoms with van der Waals surface area (Å²) >= 11 is 0. The van der Waals surface area contributed by atoms with Crippen LogP contribution in [-0.4, -0.2) is 35.5 Å². The van der Waals surface area contributed by atoms with Gasteiger partial charge in [0.25, 0.3) is 0 Å². The number of aryl methyl sites for hydroxylation is 1. The first-order valence-corrected chi connectivity index (χ1v) is 10.5. The molecule has 0 aliphatic carbocycles. The molecule has 0 spiro atoms. The Kier molecular flexibility index (Phi) is 5.70. The first kappa shape index (κ1) is 20.9. The lowest BCUT2D eigenvalue weighted by molar-refractivity contribution is 0.103. The largest absolute Gasteiger partial charge is 0.394 e. The summed E-state index contributed by atoms with van der Waals surface area (Å²) in [5.74, 6) is -0.163. The molecular formula is C21H23N3O4S. The van der Waals surface area contributed by atoms with Gasteiger partial charge in [0.15, 0.2) is 0 Å². The molecule has 0 aliphatic heterocycles. The molecule has 1 aromatic carbocycles. The maximum Gasteiger partial charge on any atom is 0.221 e. The quantitative estimate of drug-likeness (QED) is 0.572. The summed E-state index contributed by atoms with van der Waals surface area (Å²) in [5, 5.41) is 15.7. The predicted molar refractivity (Wildman–Crippen MR) is 110 cm³/mol. The van der Waals surface area contributed by atoms with Crippen molar-refractivity contribution in [1.82, 2.24) is 9.55 Å². The topological polar surface area (TPSA) is 115 Å². The Balaban J connectivity index is 2.10. The van der Waals surface area contributed by atoms with Crippen LogP contribution in [0.4, 0.5) is 0 Å². The minimum Gasteiger partial charge on any atom is -0.394 e. The fourth-order valence-corrected chi connectivity index (χ4v) is 4.56. The van der Waals surface area contributed by atoms with Crippen LogP contribution in [0.2, 0.25) is 0 Å². The van der Waals surface area contributed by atoms with Crippen molar-refractivity contribution in [2.24, 2.45) is 12.2 Å². The molecule has 0 amide bonds. The Hall–Kier alpha value is -2.81. The lowest BCUT2D eigenvalue weighted by Gasteiger charge is -2.30. The standard InChI is InChI=1S/C21H23N3O4S/c1-15-11-18(24(2)19(15)20(26)16-7-4-3-5-8-16)12-21(14-25,29(22,27)28)17-9-6-10-23-13-17/h3-11,13,25H,12,14H2,1-2H3,(H2,22,27,28). The number of ketones is 1. The number of rotatable bonds is 7. The van der Waals surface area contributed by atoms with E-state index in [2.05, 4.69) is 4.98 Å². The number of nitrogens with zero attached hydrogens (tertiary/aromatic N) is 2. The van der Waals surface area contributed by atoms with Crippen LogP contribution < -0.4 is 5.14 Å². The van der Waals surface area contributed by atoms with Crippen molar-refractivity contribution in [3.8, 4) is 0 Å². The summed E-state index contributed by atoms with van der Waals surface area (Å²) in [5.41, 5.74) is 2.56. The van der Waals surface area contributed by atoms with Gasteiger partial charge in [0.1, 0.15) is 4.75 Å². The highest BCUT2D eigenvalue weighted by Crippen LogP contribution is 2.33. The van der Waals surface area contributed by atoms with Crippen molar-refractivity contribution in [2.75, 3.05) is 6.61 Å². The Morgan fingerprint density at radius 1 is 1.21 bits per heavy atom. The number of carbonyl (C=O) groups excluding carboxylic acids is 1. The maximum absolute atomic E-state index is 13.0. The van der Waals surface area contributed by atoms with Crippen LogP contribution in [0.1, 0.15) is 32.9 Å². The summed E-state index contributed by atoms with van der Waals surface area (Å²) in [6.07, 6.45) is 2.79. The number of primary sulfonamides is 1. The SMILES string of the molecule is Cc1cc(CC(CO)(c2cccnc2)S(N)(=O)=O)n(C)c1C(=O)c1ccccc1. The number of benzene rings is 1. The molecule has 0 radical (unpaired) electrons. The minimum absolute atomic E-state index is 0.104. The van der Waals surface area contributed by atoms with E-state index < -0.39 is 21.4 Å². The van der Waals surface area contributed by atoms with Crippen LogP contribution in [0.25, 0.3) is 0 Å². The second kappa shape index (κ2) is 7.90. The van der Waals surface area contributed by atoms with Gasteiger partial charge in [-0.05, 0) is 30.2 Å². The number of aliphatic hydroxyl groups excluding tert-OH is 1. The zero-order valence-corrected chi connectivity index (χ0v) is 17.1. The molecule has 1 atom stereocenters. The van der Waals surface area contributed by atoms with Crippen molar-refractivity contribution in [2.45, 2.75) is 18.1 Å². The lowest BCUT2D eigenvalue weighted by atomic mass is 9.95. The maximum atomic E-state index is 13.0. The molecular weight excluding hydrogens is 390 g/mol. The fraction of sp³-hybridized carbons (Fsp3) is 0.238. The molecule has 0 aliphatic rings. The lowest BCUT2D eigenvalue weighted by Crippen LogP contribution is -2.46. The zero-order valence-electron chi connectivity index (χ0n) is 16.2. The van der Waals surface area contributed by atoms with Crippen LogP contribution in [0, 0.1) is 6.92 Å². The van der Waals surface area contributed by atoms with Crippen LogP contribution in [0.15, 0.2) is 60.9 Å². The normalized spacial score (nSPS) is 13.8. The number of nitrogens with two attached hydrogens (primary N) is 1. The molecule has 7 nitrogen and oxygen atoms in total. The van der Waals surface area contributed by atoms with Crippen molar-refractivity contribution < 1.29 is 18.3 Å². The molecule has 2 aromatic heterocycles. The van der Waals surface area contributed by atoms with E-state index in [1.54, 1.807) is 61.0 Å². The van der Waals surface area contributed by atoms with Crippen molar-refractivity contribution in [1.29, 1.82) is 0 Å². The minimum atomic E-state index is -4.21. The summed E-state index contributed by atoms with van der Waals surface area (Å²) < 4.78 is 25.0. The number of hydrogen-bond donors (Lipinski definition) is 2.